The number of rotatable bonds is 3. The smallest absolute Gasteiger partial charge is 0.310 e. The van der Waals surface area contributed by atoms with Gasteiger partial charge in [-0.1, -0.05) is 17.7 Å². The zero-order chi connectivity index (χ0) is 15.4. The molecular formula is C16H20ClNO3. The van der Waals surface area contributed by atoms with Crippen LogP contribution < -0.4 is 0 Å². The van der Waals surface area contributed by atoms with Gasteiger partial charge in [0.25, 0.3) is 5.91 Å². The SMILES string of the molecule is CCOC(=O)[C@H]1CCCN(C(=O)c2cc(Cl)ccc2C)C1. The van der Waals surface area contributed by atoms with Crippen LogP contribution in [-0.4, -0.2) is 36.5 Å². The molecule has 0 aromatic heterocycles. The molecule has 1 amide bonds. The Hall–Kier alpha value is -1.55. The Morgan fingerprint density at radius 1 is 1.43 bits per heavy atom. The first-order chi connectivity index (χ1) is 10.0. The Morgan fingerprint density at radius 3 is 2.90 bits per heavy atom. The number of halogens is 1. The first kappa shape index (κ1) is 15.8. The molecule has 1 aliphatic rings. The van der Waals surface area contributed by atoms with Crippen LogP contribution in [0.15, 0.2) is 18.2 Å². The standard InChI is InChI=1S/C16H20ClNO3/c1-3-21-16(20)12-5-4-8-18(10-12)15(19)14-9-13(17)7-6-11(14)2/h6-7,9,12H,3-5,8,10H2,1-2H3/t12-/m0/s1. The number of carbonyl (C=O) groups excluding carboxylic acids is 2. The molecule has 0 saturated carbocycles. The number of piperidine rings is 1. The van der Waals surface area contributed by atoms with Crippen LogP contribution in [0.4, 0.5) is 0 Å². The summed E-state index contributed by atoms with van der Waals surface area (Å²) in [6, 6.07) is 5.29. The quantitative estimate of drug-likeness (QED) is 0.806. The molecule has 1 saturated heterocycles. The maximum Gasteiger partial charge on any atom is 0.310 e. The highest BCUT2D eigenvalue weighted by Gasteiger charge is 2.30. The number of ether oxygens (including phenoxy) is 1. The van der Waals surface area contributed by atoms with Crippen LogP contribution in [0.1, 0.15) is 35.7 Å². The minimum Gasteiger partial charge on any atom is -0.466 e. The lowest BCUT2D eigenvalue weighted by molar-refractivity contribution is -0.149. The molecule has 1 fully saturated rings. The topological polar surface area (TPSA) is 46.6 Å². The fourth-order valence-electron chi connectivity index (χ4n) is 2.61. The minimum absolute atomic E-state index is 0.0657. The molecule has 2 rings (SSSR count). The molecule has 114 valence electrons. The molecule has 0 unspecified atom stereocenters. The summed E-state index contributed by atoms with van der Waals surface area (Å²) >= 11 is 5.98. The van der Waals surface area contributed by atoms with E-state index in [-0.39, 0.29) is 17.8 Å². The Balaban J connectivity index is 2.12. The van der Waals surface area contributed by atoms with E-state index in [1.165, 1.54) is 0 Å². The highest BCUT2D eigenvalue weighted by atomic mass is 35.5. The maximum atomic E-state index is 12.6. The summed E-state index contributed by atoms with van der Waals surface area (Å²) in [6.07, 6.45) is 1.59. The summed E-state index contributed by atoms with van der Waals surface area (Å²) in [7, 11) is 0. The van der Waals surface area contributed by atoms with E-state index in [1.807, 2.05) is 13.0 Å². The minimum atomic E-state index is -0.220. The largest absolute Gasteiger partial charge is 0.466 e. The predicted molar refractivity (Wildman–Crippen MR) is 81.4 cm³/mol. The van der Waals surface area contributed by atoms with Crippen molar-refractivity contribution >= 4 is 23.5 Å². The van der Waals surface area contributed by atoms with Crippen molar-refractivity contribution < 1.29 is 14.3 Å². The summed E-state index contributed by atoms with van der Waals surface area (Å²) in [5.74, 6) is -0.496. The van der Waals surface area contributed by atoms with Gasteiger partial charge in [0.1, 0.15) is 0 Å². The van der Waals surface area contributed by atoms with Gasteiger partial charge in [-0.15, -0.1) is 0 Å². The third-order valence-corrected chi connectivity index (χ3v) is 3.99. The summed E-state index contributed by atoms with van der Waals surface area (Å²) in [4.78, 5) is 26.2. The average molecular weight is 310 g/mol. The van der Waals surface area contributed by atoms with Crippen LogP contribution in [0.25, 0.3) is 0 Å². The second-order valence-electron chi connectivity index (χ2n) is 5.30. The van der Waals surface area contributed by atoms with Crippen LogP contribution >= 0.6 is 11.6 Å². The van der Waals surface area contributed by atoms with E-state index in [0.29, 0.717) is 30.3 Å². The third kappa shape index (κ3) is 3.76. The molecule has 1 aromatic rings. The first-order valence-electron chi connectivity index (χ1n) is 7.25. The van der Waals surface area contributed by atoms with Crippen molar-refractivity contribution in [3.63, 3.8) is 0 Å². The molecule has 5 heteroatoms. The summed E-state index contributed by atoms with van der Waals surface area (Å²) in [5.41, 5.74) is 1.50. The van der Waals surface area contributed by atoms with E-state index in [0.717, 1.165) is 18.4 Å². The number of nitrogens with zero attached hydrogens (tertiary/aromatic N) is 1. The number of benzene rings is 1. The van der Waals surface area contributed by atoms with Gasteiger partial charge in [0.15, 0.2) is 0 Å². The number of amides is 1. The highest BCUT2D eigenvalue weighted by Crippen LogP contribution is 2.22. The molecular weight excluding hydrogens is 290 g/mol. The second kappa shape index (κ2) is 6.94. The predicted octanol–water partition coefficient (Wildman–Crippen LogP) is 3.06. The van der Waals surface area contributed by atoms with E-state index in [4.69, 9.17) is 16.3 Å². The molecule has 0 aliphatic carbocycles. The molecule has 0 N–H and O–H groups in total. The summed E-state index contributed by atoms with van der Waals surface area (Å²) < 4.78 is 5.06. The van der Waals surface area contributed by atoms with Crippen molar-refractivity contribution in [1.82, 2.24) is 4.90 Å². The van der Waals surface area contributed by atoms with Crippen molar-refractivity contribution in [3.8, 4) is 0 Å². The van der Waals surface area contributed by atoms with Gasteiger partial charge in [-0.05, 0) is 44.4 Å². The first-order valence-corrected chi connectivity index (χ1v) is 7.62. The average Bonchev–Trinajstić information content (AvgIpc) is 2.49. The van der Waals surface area contributed by atoms with Crippen LogP contribution in [0, 0.1) is 12.8 Å². The number of aryl methyl sites for hydroxylation is 1. The van der Waals surface area contributed by atoms with Crippen LogP contribution in [0.5, 0.6) is 0 Å². The van der Waals surface area contributed by atoms with Gasteiger partial charge in [-0.25, -0.2) is 0 Å². The highest BCUT2D eigenvalue weighted by molar-refractivity contribution is 6.31. The van der Waals surface area contributed by atoms with Crippen LogP contribution in [0.2, 0.25) is 5.02 Å². The zero-order valence-corrected chi connectivity index (χ0v) is 13.2. The zero-order valence-electron chi connectivity index (χ0n) is 12.4. The van der Waals surface area contributed by atoms with E-state index in [1.54, 1.807) is 24.0 Å². The monoisotopic (exact) mass is 309 g/mol. The fraction of sp³-hybridized carbons (Fsp3) is 0.500. The molecule has 1 atom stereocenters. The Morgan fingerprint density at radius 2 is 2.19 bits per heavy atom. The van der Waals surface area contributed by atoms with Gasteiger partial charge in [0.05, 0.1) is 12.5 Å². The second-order valence-corrected chi connectivity index (χ2v) is 5.74. The van der Waals surface area contributed by atoms with Gasteiger partial charge < -0.3 is 9.64 Å². The van der Waals surface area contributed by atoms with Crippen molar-refractivity contribution in [3.05, 3.63) is 34.3 Å². The molecule has 1 aromatic carbocycles. The Labute approximate surface area is 130 Å². The summed E-state index contributed by atoms with van der Waals surface area (Å²) in [6.45, 7) is 5.14. The number of hydrogen-bond donors (Lipinski definition) is 0. The lowest BCUT2D eigenvalue weighted by atomic mass is 9.97. The Bertz CT molecular complexity index is 544. The fourth-order valence-corrected chi connectivity index (χ4v) is 2.78. The van der Waals surface area contributed by atoms with Crippen molar-refractivity contribution in [2.75, 3.05) is 19.7 Å². The van der Waals surface area contributed by atoms with Crippen LogP contribution in [-0.2, 0) is 9.53 Å². The normalized spacial score (nSPS) is 18.4. The van der Waals surface area contributed by atoms with Gasteiger partial charge in [0, 0.05) is 23.7 Å². The van der Waals surface area contributed by atoms with Crippen molar-refractivity contribution in [2.45, 2.75) is 26.7 Å². The van der Waals surface area contributed by atoms with Crippen molar-refractivity contribution in [1.29, 1.82) is 0 Å². The molecule has 1 heterocycles. The van der Waals surface area contributed by atoms with Gasteiger partial charge in [-0.3, -0.25) is 9.59 Å². The van der Waals surface area contributed by atoms with Crippen LogP contribution in [0.3, 0.4) is 0 Å². The summed E-state index contributed by atoms with van der Waals surface area (Å²) in [5, 5.41) is 0.544. The Kier molecular flexibility index (Phi) is 5.23. The van der Waals surface area contributed by atoms with E-state index >= 15 is 0 Å². The maximum absolute atomic E-state index is 12.6. The number of hydrogen-bond acceptors (Lipinski definition) is 3. The molecule has 0 spiro atoms. The molecule has 0 bridgehead atoms. The van der Waals surface area contributed by atoms with Gasteiger partial charge in [-0.2, -0.15) is 0 Å². The van der Waals surface area contributed by atoms with Crippen molar-refractivity contribution in [2.24, 2.45) is 5.92 Å². The van der Waals surface area contributed by atoms with Gasteiger partial charge in [0.2, 0.25) is 0 Å². The lowest BCUT2D eigenvalue weighted by Gasteiger charge is -2.32. The molecule has 1 aliphatic heterocycles. The van der Waals surface area contributed by atoms with E-state index in [9.17, 15) is 9.59 Å². The molecule has 21 heavy (non-hydrogen) atoms. The molecule has 0 radical (unpaired) electrons. The number of carbonyl (C=O) groups is 2. The van der Waals surface area contributed by atoms with E-state index < -0.39 is 0 Å². The number of esters is 1. The number of likely N-dealkylation sites (tertiary alicyclic amines) is 1. The lowest BCUT2D eigenvalue weighted by Crippen LogP contribution is -2.43. The third-order valence-electron chi connectivity index (χ3n) is 3.76. The van der Waals surface area contributed by atoms with Gasteiger partial charge >= 0.3 is 5.97 Å². The van der Waals surface area contributed by atoms with E-state index in [2.05, 4.69) is 0 Å². The molecule has 4 nitrogen and oxygen atoms in total.